The highest BCUT2D eigenvalue weighted by Crippen LogP contribution is 2.43. The monoisotopic (exact) mass is 429 g/mol. The zero-order valence-electron chi connectivity index (χ0n) is 17.8. The summed E-state index contributed by atoms with van der Waals surface area (Å²) < 4.78 is 15.7. The Labute approximate surface area is 185 Å². The van der Waals surface area contributed by atoms with Crippen LogP contribution in [0.5, 0.6) is 0 Å². The van der Waals surface area contributed by atoms with Crippen LogP contribution in [0, 0.1) is 24.6 Å². The van der Waals surface area contributed by atoms with Crippen molar-refractivity contribution in [3.8, 4) is 22.8 Å². The average Bonchev–Trinajstić information content (AvgIpc) is 3.25. The van der Waals surface area contributed by atoms with Crippen molar-refractivity contribution in [1.29, 1.82) is 0 Å². The normalized spacial score (nSPS) is 22.4. The van der Waals surface area contributed by atoms with Gasteiger partial charge in [0.05, 0.1) is 23.1 Å². The number of anilines is 1. The quantitative estimate of drug-likeness (QED) is 0.479. The van der Waals surface area contributed by atoms with E-state index in [9.17, 15) is 0 Å². The van der Waals surface area contributed by atoms with Gasteiger partial charge in [-0.25, -0.2) is 24.3 Å². The van der Waals surface area contributed by atoms with Crippen molar-refractivity contribution in [1.82, 2.24) is 29.9 Å². The van der Waals surface area contributed by atoms with Crippen molar-refractivity contribution in [3.05, 3.63) is 48.3 Å². The van der Waals surface area contributed by atoms with Gasteiger partial charge in [-0.3, -0.25) is 4.98 Å². The van der Waals surface area contributed by atoms with Gasteiger partial charge in [-0.15, -0.1) is 0 Å². The van der Waals surface area contributed by atoms with E-state index < -0.39 is 5.82 Å². The highest BCUT2D eigenvalue weighted by atomic mass is 19.1. The predicted octanol–water partition coefficient (Wildman–Crippen LogP) is 4.92. The summed E-state index contributed by atoms with van der Waals surface area (Å²) in [7, 11) is 0. The van der Waals surface area contributed by atoms with Gasteiger partial charge in [0.25, 0.3) is 0 Å². The van der Waals surface area contributed by atoms with Gasteiger partial charge in [-0.2, -0.15) is 0 Å². The molecule has 0 amide bonds. The first-order chi connectivity index (χ1) is 15.7. The van der Waals surface area contributed by atoms with E-state index in [0.717, 1.165) is 18.0 Å². The van der Waals surface area contributed by atoms with Crippen molar-refractivity contribution < 1.29 is 4.39 Å². The number of aromatic amines is 1. The molecule has 0 aliphatic heterocycles. The van der Waals surface area contributed by atoms with Crippen LogP contribution in [-0.4, -0.2) is 35.9 Å². The van der Waals surface area contributed by atoms with Crippen LogP contribution in [0.1, 0.15) is 37.8 Å². The maximum atomic E-state index is 15.7. The Bertz CT molecular complexity index is 1280. The number of aryl methyl sites for hydroxylation is 1. The van der Waals surface area contributed by atoms with Crippen molar-refractivity contribution in [2.75, 3.05) is 5.32 Å². The Morgan fingerprint density at radius 3 is 2.69 bits per heavy atom. The molecule has 4 heterocycles. The number of pyridine rings is 1. The zero-order valence-corrected chi connectivity index (χ0v) is 17.8. The zero-order chi connectivity index (χ0) is 21.7. The summed E-state index contributed by atoms with van der Waals surface area (Å²) >= 11 is 0. The van der Waals surface area contributed by atoms with Crippen molar-refractivity contribution >= 4 is 17.0 Å². The van der Waals surface area contributed by atoms with Gasteiger partial charge in [-0.05, 0) is 50.2 Å². The van der Waals surface area contributed by atoms with Gasteiger partial charge in [0.1, 0.15) is 11.2 Å². The van der Waals surface area contributed by atoms with E-state index in [0.29, 0.717) is 34.2 Å². The molecule has 4 aromatic heterocycles. The summed E-state index contributed by atoms with van der Waals surface area (Å²) in [6, 6.07) is 5.64. The van der Waals surface area contributed by atoms with Crippen LogP contribution in [-0.2, 0) is 0 Å². The molecule has 0 spiro atoms. The molecule has 3 aliphatic rings. The predicted molar refractivity (Wildman–Crippen MR) is 120 cm³/mol. The van der Waals surface area contributed by atoms with Crippen LogP contribution in [0.2, 0.25) is 0 Å². The van der Waals surface area contributed by atoms with E-state index in [2.05, 4.69) is 35.2 Å². The standard InChI is InChI=1S/C24H24FN7/c1-13-11-27-24-20(29-13)16(12-28-24)22-31-21(17-4-2-3-9-26-17)19(25)23(32-22)30-18-10-14-5-7-15(18)8-6-14/h2-4,9,11-12,14-15,18H,5-8,10H2,1H3,(H,27,28)(H,30,31,32)/t14?,15?,18-/m1/s1. The van der Waals surface area contributed by atoms with Crippen LogP contribution in [0.15, 0.2) is 36.8 Å². The van der Waals surface area contributed by atoms with Gasteiger partial charge in [0.15, 0.2) is 23.1 Å². The average molecular weight is 430 g/mol. The molecule has 4 aromatic rings. The van der Waals surface area contributed by atoms with E-state index in [1.165, 1.54) is 25.7 Å². The summed E-state index contributed by atoms with van der Waals surface area (Å²) in [4.78, 5) is 25.7. The van der Waals surface area contributed by atoms with Crippen molar-refractivity contribution in [3.63, 3.8) is 0 Å². The molecular weight excluding hydrogens is 405 g/mol. The molecule has 0 aromatic carbocycles. The molecule has 1 atom stereocenters. The lowest BCUT2D eigenvalue weighted by molar-refractivity contribution is 0.157. The lowest BCUT2D eigenvalue weighted by Gasteiger charge is -2.42. The number of rotatable bonds is 4. The summed E-state index contributed by atoms with van der Waals surface area (Å²) in [5, 5.41) is 3.45. The van der Waals surface area contributed by atoms with E-state index in [4.69, 9.17) is 0 Å². The largest absolute Gasteiger partial charge is 0.364 e. The third-order valence-electron chi connectivity index (χ3n) is 6.87. The maximum Gasteiger partial charge on any atom is 0.193 e. The minimum absolute atomic E-state index is 0.189. The minimum Gasteiger partial charge on any atom is -0.364 e. The molecule has 3 saturated carbocycles. The second-order valence-corrected chi connectivity index (χ2v) is 8.95. The molecule has 32 heavy (non-hydrogen) atoms. The lowest BCUT2D eigenvalue weighted by atomic mass is 9.68. The fraction of sp³-hybridized carbons (Fsp3) is 0.375. The van der Waals surface area contributed by atoms with Gasteiger partial charge in [0.2, 0.25) is 0 Å². The SMILES string of the molecule is Cc1cnc2[nH]cc(-c3nc(N[C@@H]4CC5CCC4CC5)c(F)c(-c4ccccn4)n3)c2n1. The smallest absolute Gasteiger partial charge is 0.193 e. The number of nitrogens with zero attached hydrogens (tertiary/aromatic N) is 5. The third kappa shape index (κ3) is 3.30. The molecule has 3 fully saturated rings. The summed E-state index contributed by atoms with van der Waals surface area (Å²) in [5.41, 5.74) is 3.48. The molecule has 0 radical (unpaired) electrons. The molecule has 7 nitrogen and oxygen atoms in total. The third-order valence-corrected chi connectivity index (χ3v) is 6.87. The van der Waals surface area contributed by atoms with E-state index >= 15 is 4.39 Å². The number of hydrogen-bond donors (Lipinski definition) is 2. The van der Waals surface area contributed by atoms with Crippen molar-refractivity contribution in [2.24, 2.45) is 11.8 Å². The summed E-state index contributed by atoms with van der Waals surface area (Å²) in [5.74, 6) is 1.47. The lowest BCUT2D eigenvalue weighted by Crippen LogP contribution is -2.40. The molecular formula is C24H24FN7. The maximum absolute atomic E-state index is 15.7. The number of halogens is 1. The van der Waals surface area contributed by atoms with Gasteiger partial charge >= 0.3 is 0 Å². The molecule has 8 heteroatoms. The number of hydrogen-bond acceptors (Lipinski definition) is 6. The second kappa shape index (κ2) is 7.62. The summed E-state index contributed by atoms with van der Waals surface area (Å²) in [6.07, 6.45) is 11.2. The first-order valence-electron chi connectivity index (χ1n) is 11.2. The molecule has 162 valence electrons. The molecule has 3 aliphatic carbocycles. The van der Waals surface area contributed by atoms with Gasteiger partial charge in [0, 0.05) is 18.4 Å². The Kier molecular flexibility index (Phi) is 4.59. The molecule has 2 bridgehead atoms. The first kappa shape index (κ1) is 19.3. The first-order valence-corrected chi connectivity index (χ1v) is 11.2. The fourth-order valence-electron chi connectivity index (χ4n) is 5.22. The highest BCUT2D eigenvalue weighted by Gasteiger charge is 2.36. The molecule has 0 unspecified atom stereocenters. The highest BCUT2D eigenvalue weighted by molar-refractivity contribution is 5.88. The number of nitrogens with one attached hydrogen (secondary N) is 2. The van der Waals surface area contributed by atoms with Crippen LogP contribution in [0.25, 0.3) is 33.9 Å². The van der Waals surface area contributed by atoms with Crippen LogP contribution in [0.3, 0.4) is 0 Å². The Morgan fingerprint density at radius 1 is 1.06 bits per heavy atom. The minimum atomic E-state index is -0.462. The summed E-state index contributed by atoms with van der Waals surface area (Å²) in [6.45, 7) is 1.89. The van der Waals surface area contributed by atoms with Crippen LogP contribution < -0.4 is 5.32 Å². The van der Waals surface area contributed by atoms with Crippen LogP contribution >= 0.6 is 0 Å². The number of aromatic nitrogens is 6. The number of fused-ring (bicyclic) bond motifs is 4. The van der Waals surface area contributed by atoms with Gasteiger partial charge in [-0.1, -0.05) is 18.9 Å². The Hall–Kier alpha value is -3.42. The topological polar surface area (TPSA) is 92.3 Å². The van der Waals surface area contributed by atoms with Crippen LogP contribution in [0.4, 0.5) is 10.2 Å². The fourth-order valence-corrected chi connectivity index (χ4v) is 5.22. The molecule has 0 saturated heterocycles. The Balaban J connectivity index is 1.48. The van der Waals surface area contributed by atoms with E-state index in [1.54, 1.807) is 30.7 Å². The Morgan fingerprint density at radius 2 is 1.94 bits per heavy atom. The van der Waals surface area contributed by atoms with Crippen molar-refractivity contribution in [2.45, 2.75) is 45.1 Å². The molecule has 2 N–H and O–H groups in total. The van der Waals surface area contributed by atoms with E-state index in [1.807, 2.05) is 13.0 Å². The second-order valence-electron chi connectivity index (χ2n) is 8.95. The van der Waals surface area contributed by atoms with Gasteiger partial charge < -0.3 is 10.3 Å². The molecule has 7 rings (SSSR count). The van der Waals surface area contributed by atoms with E-state index in [-0.39, 0.29) is 17.6 Å². The number of H-pyrrole nitrogens is 1.